The smallest absolute Gasteiger partial charge is 0.226 e. The first kappa shape index (κ1) is 13.1. The summed E-state index contributed by atoms with van der Waals surface area (Å²) in [6.45, 7) is 3.50. The Labute approximate surface area is 109 Å². The molecule has 1 saturated heterocycles. The molecule has 1 aromatic carbocycles. The van der Waals surface area contributed by atoms with Crippen LogP contribution in [-0.2, 0) is 9.53 Å². The molecule has 1 fully saturated rings. The van der Waals surface area contributed by atoms with Crippen molar-refractivity contribution < 1.29 is 9.53 Å². The SMILES string of the molecule is CC(c1ccccc1)N(C)C(=O)C1CCOCC1. The molecule has 1 aliphatic heterocycles. The van der Waals surface area contributed by atoms with Gasteiger partial charge in [0.25, 0.3) is 0 Å². The van der Waals surface area contributed by atoms with E-state index in [0.29, 0.717) is 13.2 Å². The minimum absolute atomic E-state index is 0.126. The van der Waals surface area contributed by atoms with Gasteiger partial charge in [-0.2, -0.15) is 0 Å². The van der Waals surface area contributed by atoms with E-state index in [1.807, 2.05) is 30.1 Å². The Kier molecular flexibility index (Phi) is 4.37. The largest absolute Gasteiger partial charge is 0.381 e. The third kappa shape index (κ3) is 2.91. The first-order chi connectivity index (χ1) is 8.70. The summed E-state index contributed by atoms with van der Waals surface area (Å²) in [6.07, 6.45) is 1.70. The van der Waals surface area contributed by atoms with Crippen LogP contribution in [0.5, 0.6) is 0 Å². The second kappa shape index (κ2) is 6.01. The fourth-order valence-electron chi connectivity index (χ4n) is 2.38. The van der Waals surface area contributed by atoms with Crippen LogP contribution in [-0.4, -0.2) is 31.1 Å². The molecule has 3 heteroatoms. The molecule has 98 valence electrons. The van der Waals surface area contributed by atoms with E-state index in [1.54, 1.807) is 0 Å². The molecule has 18 heavy (non-hydrogen) atoms. The highest BCUT2D eigenvalue weighted by molar-refractivity contribution is 5.79. The van der Waals surface area contributed by atoms with Gasteiger partial charge < -0.3 is 9.64 Å². The fraction of sp³-hybridized carbons (Fsp3) is 0.533. The van der Waals surface area contributed by atoms with E-state index in [0.717, 1.165) is 12.8 Å². The molecular weight excluding hydrogens is 226 g/mol. The lowest BCUT2D eigenvalue weighted by molar-refractivity contribution is -0.139. The maximum Gasteiger partial charge on any atom is 0.226 e. The fourth-order valence-corrected chi connectivity index (χ4v) is 2.38. The third-order valence-electron chi connectivity index (χ3n) is 3.78. The number of amides is 1. The number of carbonyl (C=O) groups excluding carboxylic acids is 1. The van der Waals surface area contributed by atoms with E-state index in [1.165, 1.54) is 5.56 Å². The highest BCUT2D eigenvalue weighted by atomic mass is 16.5. The molecule has 1 amide bonds. The van der Waals surface area contributed by atoms with Gasteiger partial charge in [-0.15, -0.1) is 0 Å². The van der Waals surface area contributed by atoms with Crippen LogP contribution < -0.4 is 0 Å². The van der Waals surface area contributed by atoms with Crippen molar-refractivity contribution in [2.45, 2.75) is 25.8 Å². The predicted octanol–water partition coefficient (Wildman–Crippen LogP) is 2.63. The number of rotatable bonds is 3. The van der Waals surface area contributed by atoms with Gasteiger partial charge in [0.05, 0.1) is 6.04 Å². The van der Waals surface area contributed by atoms with Gasteiger partial charge in [0.1, 0.15) is 0 Å². The van der Waals surface area contributed by atoms with Gasteiger partial charge in [-0.05, 0) is 25.3 Å². The van der Waals surface area contributed by atoms with E-state index in [-0.39, 0.29) is 17.9 Å². The van der Waals surface area contributed by atoms with Crippen LogP contribution in [0, 0.1) is 5.92 Å². The Bertz CT molecular complexity index is 385. The van der Waals surface area contributed by atoms with Gasteiger partial charge in [0, 0.05) is 26.2 Å². The van der Waals surface area contributed by atoms with Crippen molar-refractivity contribution >= 4 is 5.91 Å². The number of ether oxygens (including phenoxy) is 1. The van der Waals surface area contributed by atoms with E-state index in [4.69, 9.17) is 4.74 Å². The maximum absolute atomic E-state index is 12.4. The number of hydrogen-bond donors (Lipinski definition) is 0. The van der Waals surface area contributed by atoms with Crippen molar-refractivity contribution in [1.82, 2.24) is 4.90 Å². The second-order valence-electron chi connectivity index (χ2n) is 4.92. The lowest BCUT2D eigenvalue weighted by Crippen LogP contribution is -2.37. The molecule has 1 unspecified atom stereocenters. The molecule has 1 aliphatic rings. The summed E-state index contributed by atoms with van der Waals surface area (Å²) in [5.41, 5.74) is 1.18. The van der Waals surface area contributed by atoms with E-state index < -0.39 is 0 Å². The van der Waals surface area contributed by atoms with Crippen LogP contribution in [0.1, 0.15) is 31.4 Å². The zero-order chi connectivity index (χ0) is 13.0. The first-order valence-electron chi connectivity index (χ1n) is 6.59. The standard InChI is InChI=1S/C15H21NO2/c1-12(13-6-4-3-5-7-13)16(2)15(17)14-8-10-18-11-9-14/h3-7,12,14H,8-11H2,1-2H3. The lowest BCUT2D eigenvalue weighted by atomic mass is 9.97. The molecule has 0 bridgehead atoms. The predicted molar refractivity (Wildman–Crippen MR) is 71.2 cm³/mol. The van der Waals surface area contributed by atoms with Crippen LogP contribution in [0.2, 0.25) is 0 Å². The number of benzene rings is 1. The number of carbonyl (C=O) groups is 1. The highest BCUT2D eigenvalue weighted by Gasteiger charge is 2.27. The Morgan fingerprint density at radius 3 is 2.50 bits per heavy atom. The van der Waals surface area contributed by atoms with Crippen molar-refractivity contribution in [2.75, 3.05) is 20.3 Å². The van der Waals surface area contributed by atoms with Gasteiger partial charge >= 0.3 is 0 Å². The van der Waals surface area contributed by atoms with E-state index in [2.05, 4.69) is 19.1 Å². The number of hydrogen-bond acceptors (Lipinski definition) is 2. The zero-order valence-electron chi connectivity index (χ0n) is 11.1. The Morgan fingerprint density at radius 2 is 1.89 bits per heavy atom. The van der Waals surface area contributed by atoms with Crippen LogP contribution in [0.15, 0.2) is 30.3 Å². The molecular formula is C15H21NO2. The monoisotopic (exact) mass is 247 g/mol. The molecule has 3 nitrogen and oxygen atoms in total. The van der Waals surface area contributed by atoms with Crippen LogP contribution >= 0.6 is 0 Å². The minimum atomic E-state index is 0.126. The van der Waals surface area contributed by atoms with Crippen molar-refractivity contribution in [3.8, 4) is 0 Å². The summed E-state index contributed by atoms with van der Waals surface area (Å²) in [5.74, 6) is 0.379. The van der Waals surface area contributed by atoms with Crippen molar-refractivity contribution in [3.05, 3.63) is 35.9 Å². The lowest BCUT2D eigenvalue weighted by Gasteiger charge is -2.31. The van der Waals surface area contributed by atoms with Crippen LogP contribution in [0.4, 0.5) is 0 Å². The molecule has 0 saturated carbocycles. The molecule has 2 rings (SSSR count). The summed E-state index contributed by atoms with van der Waals surface area (Å²) < 4.78 is 5.30. The summed E-state index contributed by atoms with van der Waals surface area (Å²) in [7, 11) is 1.90. The van der Waals surface area contributed by atoms with Crippen molar-refractivity contribution in [3.63, 3.8) is 0 Å². The second-order valence-corrected chi connectivity index (χ2v) is 4.92. The van der Waals surface area contributed by atoms with Gasteiger partial charge in [-0.25, -0.2) is 0 Å². The van der Waals surface area contributed by atoms with E-state index >= 15 is 0 Å². The Hall–Kier alpha value is -1.35. The van der Waals surface area contributed by atoms with Crippen molar-refractivity contribution in [2.24, 2.45) is 5.92 Å². The quantitative estimate of drug-likeness (QED) is 0.821. The molecule has 1 atom stereocenters. The van der Waals surface area contributed by atoms with Gasteiger partial charge in [-0.3, -0.25) is 4.79 Å². The molecule has 1 aromatic rings. The third-order valence-corrected chi connectivity index (χ3v) is 3.78. The summed E-state index contributed by atoms with van der Waals surface area (Å²) in [6, 6.07) is 10.3. The van der Waals surface area contributed by atoms with Crippen molar-refractivity contribution in [1.29, 1.82) is 0 Å². The maximum atomic E-state index is 12.4. The molecule has 0 aliphatic carbocycles. The molecule has 0 spiro atoms. The average molecular weight is 247 g/mol. The molecule has 1 heterocycles. The highest BCUT2D eigenvalue weighted by Crippen LogP contribution is 2.24. The topological polar surface area (TPSA) is 29.5 Å². The van der Waals surface area contributed by atoms with Crippen LogP contribution in [0.25, 0.3) is 0 Å². The minimum Gasteiger partial charge on any atom is -0.381 e. The molecule has 0 aromatic heterocycles. The molecule has 0 radical (unpaired) electrons. The number of nitrogens with zero attached hydrogens (tertiary/aromatic N) is 1. The average Bonchev–Trinajstić information content (AvgIpc) is 2.47. The first-order valence-corrected chi connectivity index (χ1v) is 6.59. The van der Waals surface area contributed by atoms with Crippen LogP contribution in [0.3, 0.4) is 0 Å². The van der Waals surface area contributed by atoms with Gasteiger partial charge in [0.15, 0.2) is 0 Å². The normalized spacial score (nSPS) is 18.3. The summed E-state index contributed by atoms with van der Waals surface area (Å²) in [5, 5.41) is 0. The summed E-state index contributed by atoms with van der Waals surface area (Å²) in [4.78, 5) is 14.2. The Morgan fingerprint density at radius 1 is 1.28 bits per heavy atom. The van der Waals surface area contributed by atoms with Gasteiger partial charge in [0.2, 0.25) is 5.91 Å². The Balaban J connectivity index is 2.01. The molecule has 0 N–H and O–H groups in total. The van der Waals surface area contributed by atoms with E-state index in [9.17, 15) is 4.79 Å². The summed E-state index contributed by atoms with van der Waals surface area (Å²) >= 11 is 0. The zero-order valence-corrected chi connectivity index (χ0v) is 11.1. The van der Waals surface area contributed by atoms with Gasteiger partial charge in [-0.1, -0.05) is 30.3 Å².